The molecule has 5 rings (SSSR count). The monoisotopic (exact) mass is 417 g/mol. The lowest BCUT2D eigenvalue weighted by molar-refractivity contribution is -0.141. The molecule has 0 unspecified atom stereocenters. The summed E-state index contributed by atoms with van der Waals surface area (Å²) >= 11 is 0. The molecular formula is C22H28FN3O4. The lowest BCUT2D eigenvalue weighted by Gasteiger charge is -2.44. The zero-order valence-electron chi connectivity index (χ0n) is 17.1. The molecule has 2 bridgehead atoms. The number of likely N-dealkylation sites (tertiary alicyclic amines) is 2. The maximum atomic E-state index is 13.5. The molecule has 0 saturated carbocycles. The molecule has 1 aromatic heterocycles. The van der Waals surface area contributed by atoms with E-state index >= 15 is 0 Å². The van der Waals surface area contributed by atoms with Crippen LogP contribution in [0.5, 0.6) is 0 Å². The third kappa shape index (κ3) is 3.45. The SMILES string of the molecule is O=C(c1ccc2n(c1=O)C[C@H]1C[C@@H]2CN(C(=O)C2CCOCC2)C1)N1CC[C@@H](F)C1. The summed E-state index contributed by atoms with van der Waals surface area (Å²) in [5.74, 6) is 0.206. The number of nitrogens with zero attached hydrogens (tertiary/aromatic N) is 3. The van der Waals surface area contributed by atoms with E-state index in [1.807, 2.05) is 11.0 Å². The van der Waals surface area contributed by atoms with Gasteiger partial charge in [0.1, 0.15) is 11.7 Å². The smallest absolute Gasteiger partial charge is 0.263 e. The Hall–Kier alpha value is -2.22. The third-order valence-corrected chi connectivity index (χ3v) is 7.13. The number of carbonyl (C=O) groups excluding carboxylic acids is 2. The van der Waals surface area contributed by atoms with E-state index in [1.54, 1.807) is 10.6 Å². The number of piperidine rings is 1. The molecule has 4 aliphatic rings. The number of carbonyl (C=O) groups is 2. The lowest BCUT2D eigenvalue weighted by Crippen LogP contribution is -2.51. The molecule has 8 heteroatoms. The summed E-state index contributed by atoms with van der Waals surface area (Å²) in [4.78, 5) is 42.3. The molecule has 0 aromatic carbocycles. The Balaban J connectivity index is 1.37. The number of fused-ring (bicyclic) bond motifs is 4. The first kappa shape index (κ1) is 19.7. The fourth-order valence-electron chi connectivity index (χ4n) is 5.56. The van der Waals surface area contributed by atoms with Crippen molar-refractivity contribution in [2.75, 3.05) is 39.4 Å². The van der Waals surface area contributed by atoms with E-state index in [0.29, 0.717) is 45.8 Å². The Morgan fingerprint density at radius 2 is 1.80 bits per heavy atom. The Labute approximate surface area is 174 Å². The fourth-order valence-corrected chi connectivity index (χ4v) is 5.56. The highest BCUT2D eigenvalue weighted by Crippen LogP contribution is 2.36. The predicted octanol–water partition coefficient (Wildman–Crippen LogP) is 1.40. The van der Waals surface area contributed by atoms with Gasteiger partial charge in [-0.2, -0.15) is 0 Å². The second kappa shape index (κ2) is 7.80. The summed E-state index contributed by atoms with van der Waals surface area (Å²) in [7, 11) is 0. The molecule has 0 N–H and O–H groups in total. The van der Waals surface area contributed by atoms with Crippen LogP contribution in [-0.4, -0.2) is 71.7 Å². The summed E-state index contributed by atoms with van der Waals surface area (Å²) in [6.07, 6.45) is 1.84. The molecule has 30 heavy (non-hydrogen) atoms. The Bertz CT molecular complexity index is 910. The van der Waals surface area contributed by atoms with Gasteiger partial charge in [0, 0.05) is 56.9 Å². The van der Waals surface area contributed by atoms with Gasteiger partial charge in [-0.25, -0.2) is 4.39 Å². The molecule has 1 aromatic rings. The molecule has 2 amide bonds. The summed E-state index contributed by atoms with van der Waals surface area (Å²) in [6.45, 7) is 3.51. The average molecular weight is 417 g/mol. The van der Waals surface area contributed by atoms with Gasteiger partial charge >= 0.3 is 0 Å². The number of amides is 2. The van der Waals surface area contributed by atoms with Crippen LogP contribution in [0.3, 0.4) is 0 Å². The van der Waals surface area contributed by atoms with Crippen molar-refractivity contribution >= 4 is 11.8 Å². The molecule has 5 heterocycles. The number of halogens is 1. The van der Waals surface area contributed by atoms with Crippen LogP contribution in [0.2, 0.25) is 0 Å². The average Bonchev–Trinajstić information content (AvgIpc) is 3.20. The van der Waals surface area contributed by atoms with Crippen molar-refractivity contribution < 1.29 is 18.7 Å². The van der Waals surface area contributed by atoms with Gasteiger partial charge in [0.2, 0.25) is 5.91 Å². The third-order valence-electron chi connectivity index (χ3n) is 7.13. The van der Waals surface area contributed by atoms with E-state index in [2.05, 4.69) is 0 Å². The van der Waals surface area contributed by atoms with Crippen LogP contribution in [0, 0.1) is 11.8 Å². The molecule has 3 saturated heterocycles. The van der Waals surface area contributed by atoms with Gasteiger partial charge < -0.3 is 19.1 Å². The molecule has 0 aliphatic carbocycles. The fraction of sp³-hybridized carbons (Fsp3) is 0.682. The Morgan fingerprint density at radius 1 is 1.00 bits per heavy atom. The first-order valence-corrected chi connectivity index (χ1v) is 11.0. The minimum Gasteiger partial charge on any atom is -0.381 e. The quantitative estimate of drug-likeness (QED) is 0.730. The highest BCUT2D eigenvalue weighted by molar-refractivity contribution is 5.94. The maximum absolute atomic E-state index is 13.5. The van der Waals surface area contributed by atoms with Crippen molar-refractivity contribution in [3.63, 3.8) is 0 Å². The number of ether oxygens (including phenoxy) is 1. The van der Waals surface area contributed by atoms with Gasteiger partial charge in [-0.1, -0.05) is 0 Å². The van der Waals surface area contributed by atoms with Gasteiger partial charge in [-0.05, 0) is 43.7 Å². The molecule has 4 aliphatic heterocycles. The first-order chi connectivity index (χ1) is 14.5. The van der Waals surface area contributed by atoms with Crippen molar-refractivity contribution in [1.82, 2.24) is 14.4 Å². The maximum Gasteiger partial charge on any atom is 0.263 e. The van der Waals surface area contributed by atoms with Crippen molar-refractivity contribution in [3.05, 3.63) is 33.7 Å². The van der Waals surface area contributed by atoms with Crippen LogP contribution >= 0.6 is 0 Å². The van der Waals surface area contributed by atoms with Crippen LogP contribution in [-0.2, 0) is 16.1 Å². The van der Waals surface area contributed by atoms with Gasteiger partial charge in [0.15, 0.2) is 0 Å². The van der Waals surface area contributed by atoms with E-state index < -0.39 is 6.17 Å². The summed E-state index contributed by atoms with van der Waals surface area (Å²) in [6, 6.07) is 3.46. The second-order valence-corrected chi connectivity index (χ2v) is 9.15. The highest BCUT2D eigenvalue weighted by Gasteiger charge is 2.39. The number of hydrogen-bond donors (Lipinski definition) is 0. The van der Waals surface area contributed by atoms with Crippen molar-refractivity contribution in [3.8, 4) is 0 Å². The number of hydrogen-bond acceptors (Lipinski definition) is 4. The molecular weight excluding hydrogens is 389 g/mol. The molecule has 0 radical (unpaired) electrons. The van der Waals surface area contributed by atoms with E-state index in [9.17, 15) is 18.8 Å². The number of alkyl halides is 1. The minimum absolute atomic E-state index is 0.0413. The number of pyridine rings is 1. The summed E-state index contributed by atoms with van der Waals surface area (Å²) in [5, 5.41) is 0. The molecule has 3 atom stereocenters. The lowest BCUT2D eigenvalue weighted by atomic mass is 9.82. The molecule has 162 valence electrons. The van der Waals surface area contributed by atoms with E-state index in [4.69, 9.17) is 4.74 Å². The molecule has 0 spiro atoms. The normalized spacial score (nSPS) is 29.0. The topological polar surface area (TPSA) is 71.8 Å². The summed E-state index contributed by atoms with van der Waals surface area (Å²) in [5.41, 5.74) is 0.753. The van der Waals surface area contributed by atoms with E-state index in [-0.39, 0.29) is 47.2 Å². The van der Waals surface area contributed by atoms with Gasteiger partial charge in [0.05, 0.1) is 6.54 Å². The second-order valence-electron chi connectivity index (χ2n) is 9.15. The number of aromatic nitrogens is 1. The summed E-state index contributed by atoms with van der Waals surface area (Å²) < 4.78 is 20.6. The zero-order chi connectivity index (χ0) is 20.8. The predicted molar refractivity (Wildman–Crippen MR) is 107 cm³/mol. The van der Waals surface area contributed by atoms with E-state index in [0.717, 1.165) is 25.0 Å². The minimum atomic E-state index is -1.01. The van der Waals surface area contributed by atoms with Crippen LogP contribution in [0.4, 0.5) is 4.39 Å². The Kier molecular flexibility index (Phi) is 5.13. The Morgan fingerprint density at radius 3 is 2.53 bits per heavy atom. The van der Waals surface area contributed by atoms with Crippen LogP contribution in [0.25, 0.3) is 0 Å². The standard InChI is InChI=1S/C22H28FN3O4/c23-17-3-6-24(13-17)21(28)18-1-2-19-16-9-14(11-26(19)22(18)29)10-25(12-16)20(27)15-4-7-30-8-5-15/h1-2,14-17H,3-13H2/t14-,16+,17+/m0/s1. The molecule has 7 nitrogen and oxygen atoms in total. The van der Waals surface area contributed by atoms with Crippen LogP contribution in [0.1, 0.15) is 47.7 Å². The molecule has 3 fully saturated rings. The van der Waals surface area contributed by atoms with Gasteiger partial charge in [-0.15, -0.1) is 0 Å². The highest BCUT2D eigenvalue weighted by atomic mass is 19.1. The van der Waals surface area contributed by atoms with Crippen LogP contribution < -0.4 is 5.56 Å². The number of rotatable bonds is 2. The van der Waals surface area contributed by atoms with Crippen molar-refractivity contribution in [2.45, 2.75) is 44.3 Å². The van der Waals surface area contributed by atoms with Crippen molar-refractivity contribution in [1.29, 1.82) is 0 Å². The zero-order valence-corrected chi connectivity index (χ0v) is 17.1. The van der Waals surface area contributed by atoms with E-state index in [1.165, 1.54) is 4.90 Å². The largest absolute Gasteiger partial charge is 0.381 e. The van der Waals surface area contributed by atoms with Crippen LogP contribution in [0.15, 0.2) is 16.9 Å². The van der Waals surface area contributed by atoms with Gasteiger partial charge in [0.25, 0.3) is 11.5 Å². The first-order valence-electron chi connectivity index (χ1n) is 11.0. The van der Waals surface area contributed by atoms with Gasteiger partial charge in [-0.3, -0.25) is 14.4 Å². The van der Waals surface area contributed by atoms with Crippen molar-refractivity contribution in [2.24, 2.45) is 11.8 Å².